The van der Waals surface area contributed by atoms with Crippen LogP contribution in [0.4, 0.5) is 0 Å². The summed E-state index contributed by atoms with van der Waals surface area (Å²) in [6, 6.07) is 22.8. The Balaban J connectivity index is 1.40. The zero-order chi connectivity index (χ0) is 24.6. The fraction of sp³-hybridized carbons (Fsp3) is 0.0741. The van der Waals surface area contributed by atoms with Gasteiger partial charge in [0.2, 0.25) is 0 Å². The van der Waals surface area contributed by atoms with Crippen LogP contribution in [-0.4, -0.2) is 33.9 Å². The Hall–Kier alpha value is -4.85. The van der Waals surface area contributed by atoms with Gasteiger partial charge in [-0.1, -0.05) is 65.8 Å². The topological polar surface area (TPSA) is 122 Å². The van der Waals surface area contributed by atoms with E-state index >= 15 is 0 Å². The summed E-state index contributed by atoms with van der Waals surface area (Å²) < 4.78 is 10.9. The Morgan fingerprint density at radius 1 is 1.00 bits per heavy atom. The maximum absolute atomic E-state index is 12.7. The van der Waals surface area contributed by atoms with Gasteiger partial charge in [0.15, 0.2) is 11.5 Å². The summed E-state index contributed by atoms with van der Waals surface area (Å²) >= 11 is 0. The molecule has 3 aromatic carbocycles. The van der Waals surface area contributed by atoms with Gasteiger partial charge in [-0.05, 0) is 35.4 Å². The lowest BCUT2D eigenvalue weighted by atomic mass is 10.1. The Kier molecular flexibility index (Phi) is 7.22. The number of benzene rings is 3. The van der Waals surface area contributed by atoms with Gasteiger partial charge in [-0.2, -0.15) is 0 Å². The van der Waals surface area contributed by atoms with Crippen molar-refractivity contribution < 1.29 is 29.1 Å². The molecule has 35 heavy (non-hydrogen) atoms. The molecular weight excluding hydrogens is 448 g/mol. The Morgan fingerprint density at radius 2 is 1.80 bits per heavy atom. The molecule has 1 amide bonds. The number of carbonyl (C=O) groups is 2. The molecule has 0 aliphatic carbocycles. The first-order chi connectivity index (χ1) is 17.0. The standard InChI is InChI=1S/C27H22N2O6/c30-22-12-5-13-23(25(22)26(31)28-17-19-7-2-1-3-8-19)34-14-6-10-18-9-4-11-20(15-18)24-16-21(27(32)33)29-35-24/h1-13,15-16,30H,14,17H2,(H,28,31)(H,32,33). The van der Waals surface area contributed by atoms with Crippen LogP contribution in [0, 0.1) is 0 Å². The number of rotatable bonds is 9. The van der Waals surface area contributed by atoms with Gasteiger partial charge in [-0.15, -0.1) is 0 Å². The molecular formula is C27H22N2O6. The fourth-order valence-electron chi connectivity index (χ4n) is 3.36. The van der Waals surface area contributed by atoms with Gasteiger partial charge in [0.25, 0.3) is 5.91 Å². The van der Waals surface area contributed by atoms with Crippen molar-refractivity contribution in [1.29, 1.82) is 0 Å². The minimum Gasteiger partial charge on any atom is -0.507 e. The number of carboxylic acids is 1. The van der Waals surface area contributed by atoms with E-state index in [2.05, 4.69) is 10.5 Å². The third kappa shape index (κ3) is 5.94. The van der Waals surface area contributed by atoms with E-state index in [1.165, 1.54) is 12.1 Å². The Morgan fingerprint density at radius 3 is 2.57 bits per heavy atom. The predicted molar refractivity (Wildman–Crippen MR) is 129 cm³/mol. The molecule has 0 aliphatic rings. The van der Waals surface area contributed by atoms with Gasteiger partial charge in [-0.25, -0.2) is 4.79 Å². The molecule has 3 N–H and O–H groups in total. The highest BCUT2D eigenvalue weighted by atomic mass is 16.5. The van der Waals surface area contributed by atoms with Gasteiger partial charge < -0.3 is 24.8 Å². The highest BCUT2D eigenvalue weighted by Gasteiger charge is 2.17. The van der Waals surface area contributed by atoms with Gasteiger partial charge >= 0.3 is 5.97 Å². The van der Waals surface area contributed by atoms with E-state index in [1.807, 2.05) is 54.6 Å². The smallest absolute Gasteiger partial charge is 0.358 e. The summed E-state index contributed by atoms with van der Waals surface area (Å²) in [6.45, 7) is 0.473. The molecule has 0 unspecified atom stereocenters. The van der Waals surface area contributed by atoms with Crippen LogP contribution in [0.15, 0.2) is 89.5 Å². The SMILES string of the molecule is O=C(O)c1cc(-c2cccc(C=CCOc3cccc(O)c3C(=O)NCc3ccccc3)c2)on1. The number of hydrogen-bond donors (Lipinski definition) is 3. The number of aromatic carboxylic acids is 1. The maximum atomic E-state index is 12.7. The zero-order valence-corrected chi connectivity index (χ0v) is 18.5. The summed E-state index contributed by atoms with van der Waals surface area (Å²) in [7, 11) is 0. The third-order valence-corrected chi connectivity index (χ3v) is 5.07. The average molecular weight is 470 g/mol. The summed E-state index contributed by atoms with van der Waals surface area (Å²) in [5.74, 6) is -1.16. The molecule has 0 aliphatic heterocycles. The molecule has 0 saturated heterocycles. The van der Waals surface area contributed by atoms with Crippen LogP contribution in [0.5, 0.6) is 11.5 Å². The van der Waals surface area contributed by atoms with E-state index in [4.69, 9.17) is 14.4 Å². The molecule has 8 heteroatoms. The highest BCUT2D eigenvalue weighted by molar-refractivity contribution is 5.99. The van der Waals surface area contributed by atoms with Crippen molar-refractivity contribution in [3.8, 4) is 22.8 Å². The van der Waals surface area contributed by atoms with Crippen molar-refractivity contribution in [2.24, 2.45) is 0 Å². The van der Waals surface area contributed by atoms with Crippen molar-refractivity contribution in [3.05, 3.63) is 107 Å². The zero-order valence-electron chi connectivity index (χ0n) is 18.5. The summed E-state index contributed by atoms with van der Waals surface area (Å²) in [5, 5.41) is 25.6. The molecule has 0 bridgehead atoms. The summed E-state index contributed by atoms with van der Waals surface area (Å²) in [6.07, 6.45) is 3.58. The van der Waals surface area contributed by atoms with Crippen LogP contribution < -0.4 is 10.1 Å². The number of carboxylic acid groups (broad SMARTS) is 1. The largest absolute Gasteiger partial charge is 0.507 e. The molecule has 0 radical (unpaired) electrons. The lowest BCUT2D eigenvalue weighted by Gasteiger charge is -2.12. The van der Waals surface area contributed by atoms with E-state index in [0.717, 1.165) is 11.1 Å². The molecule has 8 nitrogen and oxygen atoms in total. The molecule has 0 fully saturated rings. The Labute approximate surface area is 201 Å². The number of phenols is 1. The number of aromatic nitrogens is 1. The molecule has 1 aromatic heterocycles. The number of hydrogen-bond acceptors (Lipinski definition) is 6. The van der Waals surface area contributed by atoms with E-state index in [0.29, 0.717) is 17.9 Å². The van der Waals surface area contributed by atoms with Gasteiger partial charge in [0.1, 0.15) is 23.7 Å². The van der Waals surface area contributed by atoms with Crippen molar-refractivity contribution in [1.82, 2.24) is 10.5 Å². The molecule has 0 saturated carbocycles. The fourth-order valence-corrected chi connectivity index (χ4v) is 3.36. The van der Waals surface area contributed by atoms with Crippen LogP contribution in [0.25, 0.3) is 17.4 Å². The van der Waals surface area contributed by atoms with Crippen molar-refractivity contribution in [2.45, 2.75) is 6.54 Å². The summed E-state index contributed by atoms with van der Waals surface area (Å²) in [5.41, 5.74) is 2.35. The van der Waals surface area contributed by atoms with E-state index < -0.39 is 11.9 Å². The van der Waals surface area contributed by atoms with E-state index in [1.54, 1.807) is 24.3 Å². The van der Waals surface area contributed by atoms with Crippen LogP contribution in [0.1, 0.15) is 32.0 Å². The normalized spacial score (nSPS) is 10.9. The number of aromatic hydroxyl groups is 1. The van der Waals surface area contributed by atoms with Crippen LogP contribution >= 0.6 is 0 Å². The van der Waals surface area contributed by atoms with Crippen LogP contribution in [-0.2, 0) is 6.54 Å². The molecule has 0 atom stereocenters. The molecule has 1 heterocycles. The van der Waals surface area contributed by atoms with Gasteiger partial charge in [0.05, 0.1) is 0 Å². The second-order valence-corrected chi connectivity index (χ2v) is 7.54. The number of amides is 1. The molecule has 0 spiro atoms. The first-order valence-corrected chi connectivity index (χ1v) is 10.7. The van der Waals surface area contributed by atoms with Crippen LogP contribution in [0.3, 0.4) is 0 Å². The predicted octanol–water partition coefficient (Wildman–Crippen LogP) is 4.77. The lowest BCUT2D eigenvalue weighted by Crippen LogP contribution is -2.23. The number of carbonyl (C=O) groups excluding carboxylic acids is 1. The number of nitrogens with one attached hydrogen (secondary N) is 1. The number of phenolic OH excluding ortho intramolecular Hbond substituents is 1. The average Bonchev–Trinajstić information content (AvgIpc) is 3.37. The minimum absolute atomic E-state index is 0.0679. The number of ether oxygens (including phenoxy) is 1. The Bertz CT molecular complexity index is 1360. The third-order valence-electron chi connectivity index (χ3n) is 5.07. The molecule has 176 valence electrons. The van der Waals surface area contributed by atoms with Crippen molar-refractivity contribution >= 4 is 18.0 Å². The van der Waals surface area contributed by atoms with E-state index in [-0.39, 0.29) is 29.4 Å². The minimum atomic E-state index is -1.16. The van der Waals surface area contributed by atoms with Crippen molar-refractivity contribution in [3.63, 3.8) is 0 Å². The molecule has 4 aromatic rings. The summed E-state index contributed by atoms with van der Waals surface area (Å²) in [4.78, 5) is 23.7. The quantitative estimate of drug-likeness (QED) is 0.322. The van der Waals surface area contributed by atoms with E-state index in [9.17, 15) is 14.7 Å². The number of nitrogens with zero attached hydrogens (tertiary/aromatic N) is 1. The monoisotopic (exact) mass is 470 g/mol. The van der Waals surface area contributed by atoms with Gasteiger partial charge in [-0.3, -0.25) is 4.79 Å². The highest BCUT2D eigenvalue weighted by Crippen LogP contribution is 2.28. The van der Waals surface area contributed by atoms with Crippen LogP contribution in [0.2, 0.25) is 0 Å². The first kappa shape index (κ1) is 23.3. The lowest BCUT2D eigenvalue weighted by molar-refractivity contribution is 0.0685. The maximum Gasteiger partial charge on any atom is 0.358 e. The van der Waals surface area contributed by atoms with Crippen molar-refractivity contribution in [2.75, 3.05) is 6.61 Å². The van der Waals surface area contributed by atoms with Gasteiger partial charge in [0, 0.05) is 18.2 Å². The first-order valence-electron chi connectivity index (χ1n) is 10.7. The second kappa shape index (κ2) is 10.8. The molecule has 4 rings (SSSR count). The second-order valence-electron chi connectivity index (χ2n) is 7.54.